The van der Waals surface area contributed by atoms with Crippen LogP contribution in [0, 0.1) is 5.92 Å². The number of anilines is 1. The fourth-order valence-corrected chi connectivity index (χ4v) is 4.36. The molecule has 2 saturated heterocycles. The quantitative estimate of drug-likeness (QED) is 0.684. The number of benzene rings is 1. The zero-order valence-electron chi connectivity index (χ0n) is 15.7. The summed E-state index contributed by atoms with van der Waals surface area (Å²) in [6.45, 7) is 2.14. The molecule has 3 aromatic rings. The first-order chi connectivity index (χ1) is 14.1. The van der Waals surface area contributed by atoms with Crippen molar-refractivity contribution in [1.29, 1.82) is 0 Å². The number of nitrogens with one attached hydrogen (secondary N) is 1. The molecule has 0 radical (unpaired) electrons. The normalized spacial score (nSPS) is 21.0. The third kappa shape index (κ3) is 3.18. The molecule has 148 valence electrons. The van der Waals surface area contributed by atoms with Crippen LogP contribution in [0.4, 0.5) is 5.82 Å². The Balaban J connectivity index is 1.33. The van der Waals surface area contributed by atoms with Crippen molar-refractivity contribution in [2.75, 3.05) is 24.5 Å². The number of hydrogen-bond donors (Lipinski definition) is 1. The van der Waals surface area contributed by atoms with Crippen molar-refractivity contribution in [3.8, 4) is 0 Å². The van der Waals surface area contributed by atoms with E-state index < -0.39 is 11.2 Å². The molecule has 5 rings (SSSR count). The van der Waals surface area contributed by atoms with Gasteiger partial charge in [-0.1, -0.05) is 12.1 Å². The highest BCUT2D eigenvalue weighted by atomic mass is 16.2. The van der Waals surface area contributed by atoms with Gasteiger partial charge >= 0.3 is 5.69 Å². The Bertz CT molecular complexity index is 1200. The number of likely N-dealkylation sites (tertiary alicyclic amines) is 1. The van der Waals surface area contributed by atoms with E-state index in [1.54, 1.807) is 6.20 Å². The van der Waals surface area contributed by atoms with Crippen LogP contribution in [0.3, 0.4) is 0 Å². The van der Waals surface area contributed by atoms with Gasteiger partial charge in [-0.2, -0.15) is 0 Å². The van der Waals surface area contributed by atoms with Gasteiger partial charge in [0.25, 0.3) is 5.56 Å². The lowest BCUT2D eigenvalue weighted by molar-refractivity contribution is -0.132. The van der Waals surface area contributed by atoms with E-state index in [0.29, 0.717) is 19.0 Å². The SMILES string of the molecule is O=C(Cn1ccc(=O)[nH]c1=O)N1CC[C@@H]2CN(c3cnc4ccccc4n3)C[C@@H]21. The molecule has 0 aliphatic carbocycles. The smallest absolute Gasteiger partial charge is 0.328 e. The van der Waals surface area contributed by atoms with Crippen molar-refractivity contribution < 1.29 is 4.79 Å². The van der Waals surface area contributed by atoms with Crippen molar-refractivity contribution in [2.24, 2.45) is 5.92 Å². The highest BCUT2D eigenvalue weighted by Gasteiger charge is 2.43. The summed E-state index contributed by atoms with van der Waals surface area (Å²) in [6, 6.07) is 9.10. The Hall–Kier alpha value is -3.49. The molecule has 29 heavy (non-hydrogen) atoms. The summed E-state index contributed by atoms with van der Waals surface area (Å²) in [5.74, 6) is 1.08. The summed E-state index contributed by atoms with van der Waals surface area (Å²) in [4.78, 5) is 51.4. The van der Waals surface area contributed by atoms with E-state index in [2.05, 4.69) is 14.9 Å². The highest BCUT2D eigenvalue weighted by molar-refractivity contribution is 5.77. The van der Waals surface area contributed by atoms with E-state index in [0.717, 1.165) is 29.8 Å². The summed E-state index contributed by atoms with van der Waals surface area (Å²) in [5, 5.41) is 0. The molecule has 0 unspecified atom stereocenters. The number of fused-ring (bicyclic) bond motifs is 2. The summed E-state index contributed by atoms with van der Waals surface area (Å²) in [6.07, 6.45) is 4.07. The van der Waals surface area contributed by atoms with E-state index >= 15 is 0 Å². The maximum atomic E-state index is 12.8. The molecule has 9 heteroatoms. The molecule has 2 aliphatic heterocycles. The van der Waals surface area contributed by atoms with Crippen molar-refractivity contribution in [3.63, 3.8) is 0 Å². The second-order valence-electron chi connectivity index (χ2n) is 7.56. The van der Waals surface area contributed by atoms with Crippen LogP contribution in [0.1, 0.15) is 6.42 Å². The van der Waals surface area contributed by atoms with Crippen LogP contribution in [-0.4, -0.2) is 56.0 Å². The van der Waals surface area contributed by atoms with Crippen LogP contribution in [0.5, 0.6) is 0 Å². The number of amides is 1. The van der Waals surface area contributed by atoms with Gasteiger partial charge < -0.3 is 9.80 Å². The first kappa shape index (κ1) is 17.6. The molecule has 2 aliphatic rings. The summed E-state index contributed by atoms with van der Waals surface area (Å²) in [7, 11) is 0. The number of aromatic amines is 1. The minimum absolute atomic E-state index is 0.0748. The maximum absolute atomic E-state index is 12.8. The second kappa shape index (κ2) is 6.84. The third-order valence-corrected chi connectivity index (χ3v) is 5.83. The number of para-hydroxylation sites is 2. The molecule has 2 aromatic heterocycles. The van der Waals surface area contributed by atoms with Gasteiger partial charge in [-0.05, 0) is 18.6 Å². The molecule has 2 fully saturated rings. The summed E-state index contributed by atoms with van der Waals surface area (Å²) < 4.78 is 1.23. The Labute approximate surface area is 165 Å². The van der Waals surface area contributed by atoms with Crippen LogP contribution in [0.25, 0.3) is 11.0 Å². The molecular weight excluding hydrogens is 372 g/mol. The second-order valence-corrected chi connectivity index (χ2v) is 7.56. The third-order valence-electron chi connectivity index (χ3n) is 5.83. The number of aromatic nitrogens is 4. The van der Waals surface area contributed by atoms with Crippen molar-refractivity contribution >= 4 is 22.8 Å². The average Bonchev–Trinajstić information content (AvgIpc) is 3.30. The summed E-state index contributed by atoms with van der Waals surface area (Å²) in [5.41, 5.74) is 0.676. The molecule has 0 bridgehead atoms. The van der Waals surface area contributed by atoms with E-state index in [1.165, 1.54) is 16.8 Å². The number of carbonyl (C=O) groups is 1. The molecule has 9 nitrogen and oxygen atoms in total. The predicted molar refractivity (Wildman–Crippen MR) is 107 cm³/mol. The van der Waals surface area contributed by atoms with Gasteiger partial charge in [0.1, 0.15) is 12.4 Å². The molecule has 2 atom stereocenters. The molecule has 1 aromatic carbocycles. The predicted octanol–water partition coefficient (Wildman–Crippen LogP) is 0.217. The van der Waals surface area contributed by atoms with Crippen LogP contribution >= 0.6 is 0 Å². The fraction of sp³-hybridized carbons (Fsp3) is 0.350. The molecular formula is C20H20N6O3. The zero-order valence-corrected chi connectivity index (χ0v) is 15.7. The highest BCUT2D eigenvalue weighted by Crippen LogP contribution is 2.33. The standard InChI is InChI=1S/C20H20N6O3/c27-18-6-7-24(20(29)23-18)12-19(28)26-8-5-13-10-25(11-16(13)26)17-9-21-14-3-1-2-4-15(14)22-17/h1-4,6-7,9,13,16H,5,8,10-12H2,(H,23,27,29)/t13-,16+/m1/s1. The van der Waals surface area contributed by atoms with Gasteiger partial charge in [0.2, 0.25) is 5.91 Å². The Morgan fingerprint density at radius 1 is 1.14 bits per heavy atom. The van der Waals surface area contributed by atoms with Gasteiger partial charge in [-0.15, -0.1) is 0 Å². The lowest BCUT2D eigenvalue weighted by Gasteiger charge is -2.25. The van der Waals surface area contributed by atoms with Crippen molar-refractivity contribution in [2.45, 2.75) is 19.0 Å². The molecule has 0 spiro atoms. The average molecular weight is 392 g/mol. The Kier molecular flexibility index (Phi) is 4.15. The van der Waals surface area contributed by atoms with Gasteiger partial charge in [-0.25, -0.2) is 9.78 Å². The number of nitrogens with zero attached hydrogens (tertiary/aromatic N) is 5. The van der Waals surface area contributed by atoms with Gasteiger partial charge in [-0.3, -0.25) is 24.1 Å². The van der Waals surface area contributed by atoms with Crippen LogP contribution < -0.4 is 16.1 Å². The van der Waals surface area contributed by atoms with Crippen molar-refractivity contribution in [3.05, 3.63) is 63.6 Å². The van der Waals surface area contributed by atoms with E-state index in [4.69, 9.17) is 4.98 Å². The number of carbonyl (C=O) groups excluding carboxylic acids is 1. The monoisotopic (exact) mass is 392 g/mol. The van der Waals surface area contributed by atoms with Gasteiger partial charge in [0, 0.05) is 37.8 Å². The maximum Gasteiger partial charge on any atom is 0.328 e. The number of rotatable bonds is 3. The van der Waals surface area contributed by atoms with Gasteiger partial charge in [0.05, 0.1) is 23.3 Å². The van der Waals surface area contributed by atoms with E-state index in [1.807, 2.05) is 29.2 Å². The minimum atomic E-state index is -0.568. The number of H-pyrrole nitrogens is 1. The van der Waals surface area contributed by atoms with Crippen LogP contribution in [-0.2, 0) is 11.3 Å². The molecule has 1 N–H and O–H groups in total. The van der Waals surface area contributed by atoms with Gasteiger partial charge in [0.15, 0.2) is 0 Å². The minimum Gasteiger partial charge on any atom is -0.353 e. The fourth-order valence-electron chi connectivity index (χ4n) is 4.36. The van der Waals surface area contributed by atoms with E-state index in [9.17, 15) is 14.4 Å². The largest absolute Gasteiger partial charge is 0.353 e. The van der Waals surface area contributed by atoms with Crippen LogP contribution in [0.15, 0.2) is 52.3 Å². The Morgan fingerprint density at radius 3 is 2.79 bits per heavy atom. The number of hydrogen-bond acceptors (Lipinski definition) is 6. The Morgan fingerprint density at radius 2 is 1.97 bits per heavy atom. The zero-order chi connectivity index (χ0) is 20.0. The molecule has 1 amide bonds. The lowest BCUT2D eigenvalue weighted by Crippen LogP contribution is -2.43. The first-order valence-corrected chi connectivity index (χ1v) is 9.64. The first-order valence-electron chi connectivity index (χ1n) is 9.64. The van der Waals surface area contributed by atoms with Crippen LogP contribution in [0.2, 0.25) is 0 Å². The molecule has 4 heterocycles. The summed E-state index contributed by atoms with van der Waals surface area (Å²) >= 11 is 0. The van der Waals surface area contributed by atoms with E-state index in [-0.39, 0.29) is 18.5 Å². The lowest BCUT2D eigenvalue weighted by atomic mass is 10.1. The van der Waals surface area contributed by atoms with Crippen molar-refractivity contribution in [1.82, 2.24) is 24.4 Å². The topological polar surface area (TPSA) is 104 Å². The molecule has 0 saturated carbocycles.